The molecule has 0 bridgehead atoms. The highest BCUT2D eigenvalue weighted by molar-refractivity contribution is 7.88. The molecule has 0 saturated carbocycles. The quantitative estimate of drug-likeness (QED) is 0.337. The Hall–Kier alpha value is -3.56. The molecule has 1 fully saturated rings. The number of nitrogens with one attached hydrogen (secondary N) is 1. The van der Waals surface area contributed by atoms with Gasteiger partial charge in [0.2, 0.25) is 0 Å². The van der Waals surface area contributed by atoms with Gasteiger partial charge in [-0.25, -0.2) is 14.5 Å². The Morgan fingerprint density at radius 1 is 1.10 bits per heavy atom. The Balaban J connectivity index is 1.96. The number of amides is 1. The van der Waals surface area contributed by atoms with Gasteiger partial charge in [0.05, 0.1) is 17.2 Å². The molecule has 1 aliphatic heterocycles. The smallest absolute Gasteiger partial charge is 0.481 e. The van der Waals surface area contributed by atoms with Gasteiger partial charge >= 0.3 is 27.7 Å². The summed E-state index contributed by atoms with van der Waals surface area (Å²) in [5.74, 6) is -1.60. The predicted octanol–water partition coefficient (Wildman–Crippen LogP) is 4.65. The number of aliphatic carboxylic acids is 1. The molecular formula is C25H34F3N5O7S. The fraction of sp³-hybridized carbons (Fsp3) is 0.600. The molecule has 0 aromatic carbocycles. The molecule has 1 saturated heterocycles. The first kappa shape index (κ1) is 32.0. The topological polar surface area (TPSA) is 153 Å². The first-order valence-corrected chi connectivity index (χ1v) is 14.1. The summed E-state index contributed by atoms with van der Waals surface area (Å²) >= 11 is 0. The molecular weight excluding hydrogens is 571 g/mol. The lowest BCUT2D eigenvalue weighted by Gasteiger charge is -2.39. The lowest BCUT2D eigenvalue weighted by molar-refractivity contribution is -0.152. The van der Waals surface area contributed by atoms with Crippen LogP contribution in [-0.4, -0.2) is 69.5 Å². The molecule has 0 atom stereocenters. The highest BCUT2D eigenvalue weighted by Gasteiger charge is 2.49. The van der Waals surface area contributed by atoms with E-state index in [9.17, 15) is 36.3 Å². The molecule has 0 spiro atoms. The van der Waals surface area contributed by atoms with E-state index in [0.717, 1.165) is 12.1 Å². The van der Waals surface area contributed by atoms with Crippen molar-refractivity contribution < 1.29 is 45.2 Å². The summed E-state index contributed by atoms with van der Waals surface area (Å²) in [6, 6.07) is 3.50. The van der Waals surface area contributed by atoms with Crippen molar-refractivity contribution in [1.82, 2.24) is 19.7 Å². The Labute approximate surface area is 235 Å². The van der Waals surface area contributed by atoms with Gasteiger partial charge in [0, 0.05) is 43.4 Å². The first-order valence-electron chi connectivity index (χ1n) is 12.7. The van der Waals surface area contributed by atoms with Crippen LogP contribution in [-0.2, 0) is 31.6 Å². The number of hydrogen-bond acceptors (Lipinski definition) is 9. The van der Waals surface area contributed by atoms with Crippen LogP contribution in [0.4, 0.5) is 29.6 Å². The average Bonchev–Trinajstić information content (AvgIpc) is 3.25. The zero-order chi connectivity index (χ0) is 31.0. The number of aromatic nitrogens is 3. The lowest BCUT2D eigenvalue weighted by Crippen LogP contribution is -2.48. The Kier molecular flexibility index (Phi) is 8.59. The summed E-state index contributed by atoms with van der Waals surface area (Å²) in [5.41, 5.74) is -8.41. The number of alkyl halides is 3. The molecule has 228 valence electrons. The van der Waals surface area contributed by atoms with Gasteiger partial charge in [-0.15, -0.1) is 0 Å². The summed E-state index contributed by atoms with van der Waals surface area (Å²) in [6.07, 6.45) is 0.606. The number of hydrogen-bond donors (Lipinski definition) is 2. The number of anilines is 2. The maximum absolute atomic E-state index is 13.1. The van der Waals surface area contributed by atoms with Crippen LogP contribution < -0.4 is 9.50 Å². The van der Waals surface area contributed by atoms with Gasteiger partial charge < -0.3 is 24.2 Å². The molecule has 41 heavy (non-hydrogen) atoms. The Morgan fingerprint density at radius 2 is 1.71 bits per heavy atom. The van der Waals surface area contributed by atoms with Gasteiger partial charge in [0.25, 0.3) is 0 Å². The van der Waals surface area contributed by atoms with E-state index in [-0.39, 0.29) is 43.9 Å². The number of likely N-dealkylation sites (tertiary alicyclic amines) is 1. The monoisotopic (exact) mass is 605 g/mol. The lowest BCUT2D eigenvalue weighted by atomic mass is 9.74. The SMILES string of the molecule is CC(C)(C)OC(=O)N1CCC(Cc2cc(OS(=O)(=O)C(F)(F)F)cc(Nc3ccnn3C(C)(C)C)n2)(C(=O)O)CC1. The van der Waals surface area contributed by atoms with Crippen molar-refractivity contribution in [3.05, 3.63) is 30.1 Å². The summed E-state index contributed by atoms with van der Waals surface area (Å²) in [6.45, 7) is 10.8. The highest BCUT2D eigenvalue weighted by Crippen LogP contribution is 2.38. The van der Waals surface area contributed by atoms with Crippen molar-refractivity contribution in [2.24, 2.45) is 5.41 Å². The molecule has 0 radical (unpaired) electrons. The van der Waals surface area contributed by atoms with Crippen molar-refractivity contribution in [2.75, 3.05) is 18.4 Å². The van der Waals surface area contributed by atoms with E-state index >= 15 is 0 Å². The number of halogens is 3. The van der Waals surface area contributed by atoms with E-state index in [0.29, 0.717) is 5.82 Å². The van der Waals surface area contributed by atoms with Gasteiger partial charge in [-0.05, 0) is 54.4 Å². The first-order chi connectivity index (χ1) is 18.6. The zero-order valence-corrected chi connectivity index (χ0v) is 24.4. The molecule has 2 N–H and O–H groups in total. The summed E-state index contributed by atoms with van der Waals surface area (Å²) in [5, 5.41) is 17.3. The number of carboxylic acids is 1. The fourth-order valence-electron chi connectivity index (χ4n) is 4.26. The minimum Gasteiger partial charge on any atom is -0.481 e. The van der Waals surface area contributed by atoms with Crippen LogP contribution in [0.5, 0.6) is 5.75 Å². The van der Waals surface area contributed by atoms with E-state index in [1.165, 1.54) is 11.1 Å². The maximum atomic E-state index is 13.1. The zero-order valence-electron chi connectivity index (χ0n) is 23.6. The Bertz CT molecular complexity index is 1390. The summed E-state index contributed by atoms with van der Waals surface area (Å²) < 4.78 is 74.1. The second-order valence-corrected chi connectivity index (χ2v) is 13.4. The van der Waals surface area contributed by atoms with E-state index in [4.69, 9.17) is 4.74 Å². The molecule has 16 heteroatoms. The maximum Gasteiger partial charge on any atom is 0.534 e. The normalized spacial score (nSPS) is 16.3. The number of pyridine rings is 1. The third-order valence-electron chi connectivity index (χ3n) is 6.22. The minimum absolute atomic E-state index is 0.00521. The van der Waals surface area contributed by atoms with Gasteiger partial charge in [0.15, 0.2) is 0 Å². The van der Waals surface area contributed by atoms with Gasteiger partial charge in [-0.1, -0.05) is 0 Å². The minimum atomic E-state index is -6.02. The number of nitrogens with zero attached hydrogens (tertiary/aromatic N) is 4. The molecule has 2 aromatic rings. The van der Waals surface area contributed by atoms with Crippen LogP contribution in [0.25, 0.3) is 0 Å². The molecule has 12 nitrogen and oxygen atoms in total. The molecule has 2 aromatic heterocycles. The number of ether oxygens (including phenoxy) is 1. The van der Waals surface area contributed by atoms with Crippen LogP contribution in [0.2, 0.25) is 0 Å². The van der Waals surface area contributed by atoms with Crippen LogP contribution in [0.15, 0.2) is 24.4 Å². The van der Waals surface area contributed by atoms with Crippen molar-refractivity contribution in [3.63, 3.8) is 0 Å². The Morgan fingerprint density at radius 3 is 2.22 bits per heavy atom. The van der Waals surface area contributed by atoms with Crippen molar-refractivity contribution in [3.8, 4) is 5.75 Å². The number of carbonyl (C=O) groups excluding carboxylic acids is 1. The number of carboxylic acid groups (broad SMARTS) is 1. The molecule has 0 aliphatic carbocycles. The van der Waals surface area contributed by atoms with E-state index in [1.807, 2.05) is 20.8 Å². The number of rotatable bonds is 7. The van der Waals surface area contributed by atoms with Crippen LogP contribution in [0.3, 0.4) is 0 Å². The third kappa shape index (κ3) is 7.80. The second-order valence-electron chi connectivity index (χ2n) is 11.8. The van der Waals surface area contributed by atoms with Crippen LogP contribution in [0.1, 0.15) is 60.1 Å². The van der Waals surface area contributed by atoms with E-state index < -0.39 is 50.0 Å². The average molecular weight is 606 g/mol. The standard InChI is InChI=1S/C25H34F3N5O7S/c1-22(2,3)33-19(7-10-29-33)31-18-14-17(40-41(37,38)25(26,27)28)13-16(30-18)15-24(20(34)35)8-11-32(12-9-24)21(36)39-23(4,5)6/h7,10,13-14H,8-9,11-12,15H2,1-6H3,(H,30,31)(H,34,35). The third-order valence-corrected chi connectivity index (χ3v) is 7.20. The number of piperidine rings is 1. The molecule has 3 rings (SSSR count). The van der Waals surface area contributed by atoms with E-state index in [2.05, 4.69) is 19.6 Å². The largest absolute Gasteiger partial charge is 0.534 e. The van der Waals surface area contributed by atoms with E-state index in [1.54, 1.807) is 31.5 Å². The summed E-state index contributed by atoms with van der Waals surface area (Å²) in [4.78, 5) is 30.7. The van der Waals surface area contributed by atoms with Gasteiger partial charge in [-0.2, -0.15) is 26.7 Å². The highest BCUT2D eigenvalue weighted by atomic mass is 32.2. The van der Waals surface area contributed by atoms with Crippen molar-refractivity contribution in [2.45, 2.75) is 77.5 Å². The van der Waals surface area contributed by atoms with Gasteiger partial charge in [0.1, 0.15) is 23.0 Å². The second kappa shape index (κ2) is 11.0. The predicted molar refractivity (Wildman–Crippen MR) is 141 cm³/mol. The van der Waals surface area contributed by atoms with Crippen molar-refractivity contribution in [1.29, 1.82) is 0 Å². The molecule has 1 aliphatic rings. The van der Waals surface area contributed by atoms with Crippen molar-refractivity contribution >= 4 is 33.8 Å². The fourth-order valence-corrected chi connectivity index (χ4v) is 4.70. The van der Waals surface area contributed by atoms with Crippen LogP contribution >= 0.6 is 0 Å². The molecule has 1 amide bonds. The summed E-state index contributed by atoms with van der Waals surface area (Å²) in [7, 11) is -6.02. The van der Waals surface area contributed by atoms with Crippen LogP contribution in [0, 0.1) is 5.41 Å². The molecule has 3 heterocycles. The number of carbonyl (C=O) groups is 2. The molecule has 0 unspecified atom stereocenters. The van der Waals surface area contributed by atoms with Gasteiger partial charge in [-0.3, -0.25) is 4.79 Å².